The first-order valence-electron chi connectivity index (χ1n) is 9.07. The van der Waals surface area contributed by atoms with E-state index in [2.05, 4.69) is 15.7 Å². The molecule has 0 fully saturated rings. The van der Waals surface area contributed by atoms with Crippen LogP contribution in [-0.4, -0.2) is 28.2 Å². The van der Waals surface area contributed by atoms with Gasteiger partial charge < -0.3 is 15.4 Å². The molecule has 0 spiro atoms. The number of halogens is 1. The number of aryl methyl sites for hydroxylation is 2. The Labute approximate surface area is 172 Å². The smallest absolute Gasteiger partial charge is 0.262 e. The largest absolute Gasteiger partial charge is 0.482 e. The highest BCUT2D eigenvalue weighted by molar-refractivity contribution is 6.33. The summed E-state index contributed by atoms with van der Waals surface area (Å²) in [6.45, 7) is 4.21. The van der Waals surface area contributed by atoms with Crippen molar-refractivity contribution in [2.45, 2.75) is 20.4 Å². The predicted octanol–water partition coefficient (Wildman–Crippen LogP) is 3.78. The summed E-state index contributed by atoms with van der Waals surface area (Å²) < 4.78 is 6.94. The van der Waals surface area contributed by atoms with Crippen molar-refractivity contribution < 1.29 is 14.3 Å². The molecule has 0 unspecified atom stereocenters. The number of aromatic nitrogens is 2. The third-order valence-electron chi connectivity index (χ3n) is 4.62. The highest BCUT2D eigenvalue weighted by Crippen LogP contribution is 2.31. The summed E-state index contributed by atoms with van der Waals surface area (Å²) in [6, 6.07) is 13.1. The molecule has 7 nitrogen and oxygen atoms in total. The molecule has 29 heavy (non-hydrogen) atoms. The molecule has 0 saturated heterocycles. The van der Waals surface area contributed by atoms with Gasteiger partial charge in [0.15, 0.2) is 6.61 Å². The standard InChI is InChI=1S/C21H19ClN4O3/c1-12-3-5-14(6-4-12)10-26-20(22)19(13(2)25-26)21(28)23-15-7-8-17-16(9-15)24-18(27)11-29-17/h3-9H,10-11H2,1-2H3,(H,23,28)(H,24,27). The lowest BCUT2D eigenvalue weighted by molar-refractivity contribution is -0.118. The van der Waals surface area contributed by atoms with Crippen molar-refractivity contribution in [3.63, 3.8) is 0 Å². The maximum absolute atomic E-state index is 12.8. The van der Waals surface area contributed by atoms with Crippen LogP contribution in [0, 0.1) is 13.8 Å². The van der Waals surface area contributed by atoms with Gasteiger partial charge in [-0.05, 0) is 37.6 Å². The molecule has 8 heteroatoms. The summed E-state index contributed by atoms with van der Waals surface area (Å²) in [5, 5.41) is 10.2. The fourth-order valence-electron chi connectivity index (χ4n) is 3.14. The highest BCUT2D eigenvalue weighted by Gasteiger charge is 2.22. The Hall–Kier alpha value is -3.32. The van der Waals surface area contributed by atoms with Gasteiger partial charge in [-0.3, -0.25) is 9.59 Å². The lowest BCUT2D eigenvalue weighted by atomic mass is 10.1. The van der Waals surface area contributed by atoms with Crippen molar-refractivity contribution in [1.29, 1.82) is 0 Å². The molecule has 3 aromatic rings. The summed E-state index contributed by atoms with van der Waals surface area (Å²) in [4.78, 5) is 24.3. The van der Waals surface area contributed by atoms with E-state index in [0.717, 1.165) is 5.56 Å². The van der Waals surface area contributed by atoms with Crippen LogP contribution in [0.2, 0.25) is 5.15 Å². The van der Waals surface area contributed by atoms with E-state index in [4.69, 9.17) is 16.3 Å². The highest BCUT2D eigenvalue weighted by atomic mass is 35.5. The van der Waals surface area contributed by atoms with Crippen LogP contribution in [0.15, 0.2) is 42.5 Å². The van der Waals surface area contributed by atoms with Crippen molar-refractivity contribution in [2.24, 2.45) is 0 Å². The third kappa shape index (κ3) is 3.95. The SMILES string of the molecule is Cc1ccc(Cn2nc(C)c(C(=O)Nc3ccc4c(c3)NC(=O)CO4)c2Cl)cc1. The number of fused-ring (bicyclic) bond motifs is 1. The Morgan fingerprint density at radius 1 is 1.24 bits per heavy atom. The first-order chi connectivity index (χ1) is 13.9. The minimum Gasteiger partial charge on any atom is -0.482 e. The molecule has 2 heterocycles. The number of amides is 2. The molecule has 0 aliphatic carbocycles. The van der Waals surface area contributed by atoms with Crippen LogP contribution in [0.5, 0.6) is 5.75 Å². The molecule has 2 amide bonds. The molecule has 4 rings (SSSR count). The van der Waals surface area contributed by atoms with Gasteiger partial charge in [-0.2, -0.15) is 5.10 Å². The van der Waals surface area contributed by atoms with E-state index in [1.807, 2.05) is 31.2 Å². The zero-order valence-electron chi connectivity index (χ0n) is 16.0. The van der Waals surface area contributed by atoms with Gasteiger partial charge in [0.05, 0.1) is 23.5 Å². The van der Waals surface area contributed by atoms with E-state index in [0.29, 0.717) is 34.9 Å². The second-order valence-corrected chi connectivity index (χ2v) is 7.25. The van der Waals surface area contributed by atoms with Gasteiger partial charge in [0, 0.05) is 5.69 Å². The van der Waals surface area contributed by atoms with Crippen LogP contribution < -0.4 is 15.4 Å². The Bertz CT molecular complexity index is 1110. The summed E-state index contributed by atoms with van der Waals surface area (Å²) in [7, 11) is 0. The second kappa shape index (κ2) is 7.60. The van der Waals surface area contributed by atoms with Crippen LogP contribution in [0.25, 0.3) is 0 Å². The van der Waals surface area contributed by atoms with E-state index in [1.165, 1.54) is 5.56 Å². The molecule has 0 saturated carbocycles. The van der Waals surface area contributed by atoms with Crippen LogP contribution in [-0.2, 0) is 11.3 Å². The minimum atomic E-state index is -0.370. The molecule has 0 bridgehead atoms. The van der Waals surface area contributed by atoms with Gasteiger partial charge in [0.2, 0.25) is 0 Å². The van der Waals surface area contributed by atoms with E-state index in [1.54, 1.807) is 29.8 Å². The lowest BCUT2D eigenvalue weighted by Crippen LogP contribution is -2.25. The molecule has 1 aliphatic rings. The molecule has 1 aromatic heterocycles. The minimum absolute atomic E-state index is 0.0202. The summed E-state index contributed by atoms with van der Waals surface area (Å²) in [5.74, 6) is -0.0503. The first kappa shape index (κ1) is 19.0. The van der Waals surface area contributed by atoms with Gasteiger partial charge in [-0.15, -0.1) is 0 Å². The van der Waals surface area contributed by atoms with Crippen molar-refractivity contribution in [2.75, 3.05) is 17.2 Å². The van der Waals surface area contributed by atoms with Crippen molar-refractivity contribution in [3.8, 4) is 5.75 Å². The van der Waals surface area contributed by atoms with Gasteiger partial charge in [0.1, 0.15) is 10.9 Å². The molecule has 0 atom stereocenters. The topological polar surface area (TPSA) is 85.3 Å². The Morgan fingerprint density at radius 2 is 2.00 bits per heavy atom. The van der Waals surface area contributed by atoms with Crippen LogP contribution >= 0.6 is 11.6 Å². The third-order valence-corrected chi connectivity index (χ3v) is 5.00. The van der Waals surface area contributed by atoms with Gasteiger partial charge in [-0.1, -0.05) is 41.4 Å². The Morgan fingerprint density at radius 3 is 2.76 bits per heavy atom. The quantitative estimate of drug-likeness (QED) is 0.685. The number of anilines is 2. The van der Waals surface area contributed by atoms with E-state index < -0.39 is 0 Å². The van der Waals surface area contributed by atoms with E-state index in [-0.39, 0.29) is 23.6 Å². The maximum atomic E-state index is 12.8. The van der Waals surface area contributed by atoms with Gasteiger partial charge in [0.25, 0.3) is 11.8 Å². The van der Waals surface area contributed by atoms with Crippen molar-refractivity contribution in [1.82, 2.24) is 9.78 Å². The molecule has 2 aromatic carbocycles. The average Bonchev–Trinajstić information content (AvgIpc) is 2.96. The first-order valence-corrected chi connectivity index (χ1v) is 9.45. The molecule has 148 valence electrons. The number of rotatable bonds is 4. The molecular weight excluding hydrogens is 392 g/mol. The van der Waals surface area contributed by atoms with E-state index >= 15 is 0 Å². The van der Waals surface area contributed by atoms with Crippen LogP contribution in [0.4, 0.5) is 11.4 Å². The average molecular weight is 411 g/mol. The van der Waals surface area contributed by atoms with Crippen LogP contribution in [0.1, 0.15) is 27.2 Å². The zero-order chi connectivity index (χ0) is 20.5. The van der Waals surface area contributed by atoms with Crippen molar-refractivity contribution in [3.05, 3.63) is 70.0 Å². The monoisotopic (exact) mass is 410 g/mol. The Balaban J connectivity index is 1.55. The zero-order valence-corrected chi connectivity index (χ0v) is 16.7. The fourth-order valence-corrected chi connectivity index (χ4v) is 3.46. The normalized spacial score (nSPS) is 12.7. The number of benzene rings is 2. The number of hydrogen-bond donors (Lipinski definition) is 2. The van der Waals surface area contributed by atoms with Gasteiger partial charge >= 0.3 is 0 Å². The number of hydrogen-bond acceptors (Lipinski definition) is 4. The lowest BCUT2D eigenvalue weighted by Gasteiger charge is -2.18. The summed E-state index contributed by atoms with van der Waals surface area (Å²) in [6.07, 6.45) is 0. The van der Waals surface area contributed by atoms with Crippen molar-refractivity contribution >= 4 is 34.8 Å². The number of nitrogens with one attached hydrogen (secondary N) is 2. The van der Waals surface area contributed by atoms with E-state index in [9.17, 15) is 9.59 Å². The fraction of sp³-hybridized carbons (Fsp3) is 0.190. The summed E-state index contributed by atoms with van der Waals surface area (Å²) >= 11 is 6.47. The van der Waals surface area contributed by atoms with Crippen LogP contribution in [0.3, 0.4) is 0 Å². The molecule has 2 N–H and O–H groups in total. The number of nitrogens with zero attached hydrogens (tertiary/aromatic N) is 2. The Kier molecular flexibility index (Phi) is 4.98. The molecule has 0 radical (unpaired) electrons. The van der Waals surface area contributed by atoms with Gasteiger partial charge in [-0.25, -0.2) is 4.68 Å². The summed E-state index contributed by atoms with van der Waals surface area (Å²) in [5.41, 5.74) is 4.09. The molecular formula is C21H19ClN4O3. The maximum Gasteiger partial charge on any atom is 0.262 e. The number of ether oxygens (including phenoxy) is 1. The molecule has 1 aliphatic heterocycles. The predicted molar refractivity (Wildman–Crippen MR) is 111 cm³/mol. The number of carbonyl (C=O) groups is 2. The second-order valence-electron chi connectivity index (χ2n) is 6.90. The number of carbonyl (C=O) groups excluding carboxylic acids is 2.